The molecule has 2 aliphatic rings. The maximum atomic E-state index is 13.7. The zero-order valence-electron chi connectivity index (χ0n) is 17.5. The molecule has 0 amide bonds. The van der Waals surface area contributed by atoms with Crippen LogP contribution in [-0.2, 0) is 9.47 Å². The monoisotopic (exact) mass is 500 g/mol. The van der Waals surface area contributed by atoms with Crippen molar-refractivity contribution < 1.29 is 32.9 Å². The lowest BCUT2D eigenvalue weighted by molar-refractivity contribution is -0.361. The van der Waals surface area contributed by atoms with Gasteiger partial charge in [0.05, 0.1) is 6.20 Å². The maximum absolute atomic E-state index is 13.7. The minimum Gasteiger partial charge on any atom is -0.387 e. The minimum atomic E-state index is -1.58. The van der Waals surface area contributed by atoms with Crippen molar-refractivity contribution in [3.63, 3.8) is 0 Å². The average Bonchev–Trinajstić information content (AvgIpc) is 3.33. The van der Waals surface area contributed by atoms with E-state index in [9.17, 15) is 28.6 Å². The molecule has 0 aliphatic carbocycles. The third-order valence-electron chi connectivity index (χ3n) is 5.75. The highest BCUT2D eigenvalue weighted by Crippen LogP contribution is 2.45. The van der Waals surface area contributed by atoms with E-state index in [1.807, 2.05) is 6.07 Å². The zero-order chi connectivity index (χ0) is 24.9. The summed E-state index contributed by atoms with van der Waals surface area (Å²) in [6.45, 7) is 0. The predicted molar refractivity (Wildman–Crippen MR) is 115 cm³/mol. The van der Waals surface area contributed by atoms with Crippen molar-refractivity contribution in [3.8, 4) is 29.5 Å². The molecule has 4 heterocycles. The summed E-state index contributed by atoms with van der Waals surface area (Å²) >= 11 is 1.00. The van der Waals surface area contributed by atoms with Crippen molar-refractivity contribution in [2.45, 2.75) is 41.0 Å². The molecule has 1 aromatic carbocycles. The van der Waals surface area contributed by atoms with Crippen molar-refractivity contribution in [2.75, 3.05) is 0 Å². The Morgan fingerprint density at radius 1 is 1.06 bits per heavy atom. The number of benzene rings is 1. The van der Waals surface area contributed by atoms with Gasteiger partial charge in [0.2, 0.25) is 0 Å². The second kappa shape index (κ2) is 9.00. The smallest absolute Gasteiger partial charge is 0.194 e. The van der Waals surface area contributed by atoms with Gasteiger partial charge < -0.3 is 19.7 Å². The third-order valence-corrected chi connectivity index (χ3v) is 6.94. The Balaban J connectivity index is 1.46. The van der Waals surface area contributed by atoms with Crippen molar-refractivity contribution >= 4 is 11.8 Å². The molecular weight excluding hydrogens is 485 g/mol. The number of pyridine rings is 1. The summed E-state index contributed by atoms with van der Waals surface area (Å²) in [4.78, 5) is 4.39. The van der Waals surface area contributed by atoms with Gasteiger partial charge in [-0.1, -0.05) is 17.7 Å². The minimum absolute atomic E-state index is 0.0436. The van der Waals surface area contributed by atoms with Crippen LogP contribution >= 0.6 is 11.8 Å². The SMILES string of the molecule is C#Cc1cnc(C#N)c(S[C@H]2OC3C(O)O[C@@H]3C(n3cc(-c4cc(F)c(F)c(F)c4)cn3)C2O)c1. The highest BCUT2D eigenvalue weighted by atomic mass is 32.2. The fourth-order valence-corrected chi connectivity index (χ4v) is 5.14. The van der Waals surface area contributed by atoms with Crippen LogP contribution in [0, 0.1) is 41.1 Å². The normalized spacial score (nSPS) is 27.4. The Morgan fingerprint density at radius 2 is 1.80 bits per heavy atom. The van der Waals surface area contributed by atoms with E-state index in [4.69, 9.17) is 15.9 Å². The molecule has 8 nitrogen and oxygen atoms in total. The molecule has 2 saturated heterocycles. The van der Waals surface area contributed by atoms with Gasteiger partial charge >= 0.3 is 0 Å². The van der Waals surface area contributed by atoms with Crippen LogP contribution in [-0.4, -0.2) is 55.0 Å². The molecule has 3 aromatic rings. The number of thioether (sulfide) groups is 1. The molecule has 2 aliphatic heterocycles. The van der Waals surface area contributed by atoms with Crippen LogP contribution in [0.25, 0.3) is 11.1 Å². The third kappa shape index (κ3) is 4.05. The van der Waals surface area contributed by atoms with E-state index in [1.165, 1.54) is 23.3 Å². The van der Waals surface area contributed by atoms with Gasteiger partial charge in [-0.3, -0.25) is 4.68 Å². The fourth-order valence-electron chi connectivity index (χ4n) is 4.00. The number of aliphatic hydroxyl groups is 2. The van der Waals surface area contributed by atoms with E-state index in [0.29, 0.717) is 10.5 Å². The van der Waals surface area contributed by atoms with Crippen LogP contribution in [0.4, 0.5) is 13.2 Å². The van der Waals surface area contributed by atoms with E-state index in [2.05, 4.69) is 16.0 Å². The average molecular weight is 500 g/mol. The van der Waals surface area contributed by atoms with Gasteiger partial charge in [0.25, 0.3) is 0 Å². The van der Waals surface area contributed by atoms with Crippen molar-refractivity contribution in [1.29, 1.82) is 5.26 Å². The van der Waals surface area contributed by atoms with Crippen LogP contribution in [0.2, 0.25) is 0 Å². The first-order valence-electron chi connectivity index (χ1n) is 10.2. The van der Waals surface area contributed by atoms with E-state index >= 15 is 0 Å². The molecule has 12 heteroatoms. The molecule has 0 bridgehead atoms. The number of halogens is 3. The van der Waals surface area contributed by atoms with E-state index in [-0.39, 0.29) is 16.8 Å². The number of rotatable bonds is 4. The predicted octanol–water partition coefficient (Wildman–Crippen LogP) is 2.35. The summed E-state index contributed by atoms with van der Waals surface area (Å²) in [5.41, 5.74) is -0.165. The Kier molecular flexibility index (Phi) is 6.01. The zero-order valence-corrected chi connectivity index (χ0v) is 18.4. The van der Waals surface area contributed by atoms with Crippen molar-refractivity contribution in [3.05, 3.63) is 65.5 Å². The molecule has 35 heavy (non-hydrogen) atoms. The molecule has 2 aromatic heterocycles. The standard InChI is InChI=1S/C23H15F3N4O4S/c1-2-10-3-16(15(6-27)28-7-10)35-23-19(31)18(20-21(34-23)22(32)33-20)30-9-12(8-29-30)11-4-13(24)17(26)14(25)5-11/h1,3-5,7-9,18-23,31-32H/t18?,19?,20-,21?,22?,23-/m1/s1. The Morgan fingerprint density at radius 3 is 2.46 bits per heavy atom. The van der Waals surface area contributed by atoms with Gasteiger partial charge in [0.1, 0.15) is 35.9 Å². The Labute approximate surface area is 200 Å². The number of hydrogen-bond acceptors (Lipinski definition) is 8. The molecule has 5 rings (SSSR count). The van der Waals surface area contributed by atoms with Crippen LogP contribution in [0.5, 0.6) is 0 Å². The Bertz CT molecular complexity index is 1360. The van der Waals surface area contributed by atoms with E-state index < -0.39 is 53.5 Å². The summed E-state index contributed by atoms with van der Waals surface area (Å²) in [7, 11) is 0. The summed E-state index contributed by atoms with van der Waals surface area (Å²) in [5.74, 6) is -1.86. The number of hydrogen-bond donors (Lipinski definition) is 2. The quantitative estimate of drug-likeness (QED) is 0.415. The highest BCUT2D eigenvalue weighted by molar-refractivity contribution is 7.99. The first-order valence-corrected chi connectivity index (χ1v) is 11.1. The van der Waals surface area contributed by atoms with Crippen molar-refractivity contribution in [2.24, 2.45) is 0 Å². The molecule has 2 fully saturated rings. The number of aromatic nitrogens is 3. The topological polar surface area (TPSA) is 113 Å². The number of fused-ring (bicyclic) bond motifs is 1. The number of nitriles is 1. The van der Waals surface area contributed by atoms with Crippen molar-refractivity contribution in [1.82, 2.24) is 14.8 Å². The highest BCUT2D eigenvalue weighted by Gasteiger charge is 2.57. The number of aliphatic hydroxyl groups excluding tert-OH is 2. The summed E-state index contributed by atoms with van der Waals surface area (Å²) in [5, 5.41) is 34.8. The molecule has 6 atom stereocenters. The largest absolute Gasteiger partial charge is 0.387 e. The van der Waals surface area contributed by atoms with Gasteiger partial charge in [-0.05, 0) is 23.8 Å². The van der Waals surface area contributed by atoms with Crippen LogP contribution in [0.1, 0.15) is 17.3 Å². The van der Waals surface area contributed by atoms with Crippen LogP contribution in [0.15, 0.2) is 41.7 Å². The molecule has 4 unspecified atom stereocenters. The van der Waals surface area contributed by atoms with Crippen LogP contribution in [0.3, 0.4) is 0 Å². The number of terminal acetylenes is 1. The molecule has 178 valence electrons. The summed E-state index contributed by atoms with van der Waals surface area (Å²) < 4.78 is 53.3. The van der Waals surface area contributed by atoms with Gasteiger partial charge in [-0.2, -0.15) is 10.4 Å². The lowest BCUT2D eigenvalue weighted by atomic mass is 9.92. The maximum Gasteiger partial charge on any atom is 0.194 e. The molecule has 2 N–H and O–H groups in total. The second-order valence-electron chi connectivity index (χ2n) is 7.85. The Hall–Kier alpha value is -3.39. The van der Waals surface area contributed by atoms with Gasteiger partial charge in [0.15, 0.2) is 29.4 Å². The number of ether oxygens (including phenoxy) is 2. The molecule has 0 saturated carbocycles. The summed E-state index contributed by atoms with van der Waals surface area (Å²) in [6.07, 6.45) is 5.40. The van der Waals surface area contributed by atoms with E-state index in [1.54, 1.807) is 6.07 Å². The first kappa shape index (κ1) is 23.4. The summed E-state index contributed by atoms with van der Waals surface area (Å²) in [6, 6.07) is 4.31. The lowest BCUT2D eigenvalue weighted by Gasteiger charge is -2.52. The number of nitrogens with zero attached hydrogens (tertiary/aromatic N) is 4. The molecule has 0 spiro atoms. The molecule has 0 radical (unpaired) electrons. The first-order chi connectivity index (χ1) is 16.8. The van der Waals surface area contributed by atoms with Gasteiger partial charge in [-0.25, -0.2) is 18.2 Å². The lowest BCUT2D eigenvalue weighted by Crippen LogP contribution is -2.66. The molecular formula is C23H15F3N4O4S. The van der Waals surface area contributed by atoms with E-state index in [0.717, 1.165) is 23.9 Å². The fraction of sp³-hybridized carbons (Fsp3) is 0.261. The van der Waals surface area contributed by atoms with Crippen LogP contribution < -0.4 is 0 Å². The van der Waals surface area contributed by atoms with Gasteiger partial charge in [-0.15, -0.1) is 6.42 Å². The van der Waals surface area contributed by atoms with Gasteiger partial charge in [0, 0.05) is 28.4 Å². The second-order valence-corrected chi connectivity index (χ2v) is 8.99.